The van der Waals surface area contributed by atoms with Crippen LogP contribution < -0.4 is 9.33 Å². The second kappa shape index (κ2) is 7.52. The number of halogens is 3. The molecule has 0 N–H and O–H groups in total. The molecule has 0 saturated heterocycles. The van der Waals surface area contributed by atoms with Gasteiger partial charge in [-0.05, 0) is 36.3 Å². The molecule has 0 saturated carbocycles. The zero-order valence-corrected chi connectivity index (χ0v) is 17.7. The van der Waals surface area contributed by atoms with E-state index in [1.807, 2.05) is 23.8 Å². The van der Waals surface area contributed by atoms with Crippen LogP contribution in [0.5, 0.6) is 5.75 Å². The van der Waals surface area contributed by atoms with Gasteiger partial charge < -0.3 is 9.30 Å². The summed E-state index contributed by atoms with van der Waals surface area (Å²) >= 11 is 0. The minimum atomic E-state index is -4.55. The van der Waals surface area contributed by atoms with Gasteiger partial charge in [-0.25, -0.2) is 4.98 Å². The van der Waals surface area contributed by atoms with Crippen LogP contribution in [0.15, 0.2) is 82.5 Å². The molecule has 0 aliphatic carbocycles. The van der Waals surface area contributed by atoms with E-state index in [1.54, 1.807) is 31.6 Å². The van der Waals surface area contributed by atoms with E-state index >= 15 is 0 Å². The van der Waals surface area contributed by atoms with Crippen molar-refractivity contribution in [3.8, 4) is 11.4 Å². The van der Waals surface area contributed by atoms with Gasteiger partial charge in [0, 0.05) is 17.8 Å². The summed E-state index contributed by atoms with van der Waals surface area (Å²) in [6.07, 6.45) is 3.31. The number of methoxy groups -OCH3 is 1. The molecule has 3 aromatic rings. The lowest BCUT2D eigenvalue weighted by molar-refractivity contribution is -0.137. The largest absolute Gasteiger partial charge is 0.495 e. The molecule has 0 radical (unpaired) electrons. The number of amidine groups is 2. The third kappa shape index (κ3) is 3.44. The molecular formula is C23H18F3N6O+. The predicted molar refractivity (Wildman–Crippen MR) is 120 cm³/mol. The first-order valence-electron chi connectivity index (χ1n) is 9.97. The summed E-state index contributed by atoms with van der Waals surface area (Å²) in [5.41, 5.74) is 1.37. The Balaban J connectivity index is 1.64. The maximum Gasteiger partial charge on any atom is 0.422 e. The number of rotatable bonds is 4. The van der Waals surface area contributed by atoms with Gasteiger partial charge in [-0.3, -0.25) is 4.99 Å². The Hall–Kier alpha value is -4.05. The summed E-state index contributed by atoms with van der Waals surface area (Å²) in [6, 6.07) is 10.7. The van der Waals surface area contributed by atoms with Crippen molar-refractivity contribution in [3.05, 3.63) is 84.2 Å². The number of ether oxygens (including phenoxy) is 1. The van der Waals surface area contributed by atoms with Crippen LogP contribution in [-0.4, -0.2) is 34.5 Å². The van der Waals surface area contributed by atoms with E-state index in [9.17, 15) is 13.2 Å². The highest BCUT2D eigenvalue weighted by molar-refractivity contribution is 6.39. The summed E-state index contributed by atoms with van der Waals surface area (Å²) in [5, 5.41) is 4.64. The van der Waals surface area contributed by atoms with E-state index in [-0.39, 0.29) is 17.4 Å². The normalized spacial score (nSPS) is 19.3. The Morgan fingerprint density at radius 1 is 1.09 bits per heavy atom. The fraction of sp³-hybridized carbons (Fsp3) is 0.130. The van der Waals surface area contributed by atoms with Gasteiger partial charge in [-0.2, -0.15) is 18.2 Å². The van der Waals surface area contributed by atoms with Gasteiger partial charge >= 0.3 is 6.18 Å². The van der Waals surface area contributed by atoms with Crippen LogP contribution in [0.25, 0.3) is 5.69 Å². The Morgan fingerprint density at radius 2 is 1.91 bits per heavy atom. The number of fused-ring (bicyclic) bond motifs is 1. The van der Waals surface area contributed by atoms with E-state index in [0.29, 0.717) is 11.3 Å². The molecule has 33 heavy (non-hydrogen) atoms. The maximum absolute atomic E-state index is 13.8. The molecule has 2 aliphatic rings. The molecule has 7 nitrogen and oxygen atoms in total. The van der Waals surface area contributed by atoms with Crippen molar-refractivity contribution in [2.75, 3.05) is 7.11 Å². The molecule has 5 rings (SSSR count). The van der Waals surface area contributed by atoms with Crippen LogP contribution in [0.2, 0.25) is 0 Å². The molecule has 0 bridgehead atoms. The van der Waals surface area contributed by atoms with Gasteiger partial charge in [0.2, 0.25) is 5.84 Å². The number of hydrogen-bond acceptors (Lipinski definition) is 5. The Bertz CT molecular complexity index is 1370. The standard InChI is InChI=1S/C23H18F3N6O/c1-15-13-31(14-28-15)18-8-7-16(11-20(18)33-2)22-29-21-12-27-9-10-32(21,30-22)19-6-4-3-5-17(19)23(24,25)26/h3-14H,1-2H3/q+1. The molecule has 2 aliphatic heterocycles. The van der Waals surface area contributed by atoms with Gasteiger partial charge in [0.1, 0.15) is 17.5 Å². The number of hydrogen-bond donors (Lipinski definition) is 0. The summed E-state index contributed by atoms with van der Waals surface area (Å²) in [5.74, 6) is 1.08. The highest BCUT2D eigenvalue weighted by Gasteiger charge is 2.48. The number of nitrogens with zero attached hydrogens (tertiary/aromatic N) is 6. The van der Waals surface area contributed by atoms with Gasteiger partial charge in [0.05, 0.1) is 31.0 Å². The zero-order valence-electron chi connectivity index (χ0n) is 17.7. The molecule has 1 atom stereocenters. The summed E-state index contributed by atoms with van der Waals surface area (Å²) in [4.78, 5) is 12.8. The highest BCUT2D eigenvalue weighted by Crippen LogP contribution is 2.42. The zero-order chi connectivity index (χ0) is 23.2. The molecular weight excluding hydrogens is 433 g/mol. The topological polar surface area (TPSA) is 64.1 Å². The second-order valence-electron chi connectivity index (χ2n) is 7.48. The fourth-order valence-corrected chi connectivity index (χ4v) is 3.85. The molecule has 0 fully saturated rings. The van der Waals surface area contributed by atoms with E-state index in [2.05, 4.69) is 20.1 Å². The number of para-hydroxylation sites is 1. The first-order chi connectivity index (χ1) is 15.8. The maximum atomic E-state index is 13.8. The van der Waals surface area contributed by atoms with Crippen LogP contribution in [-0.2, 0) is 6.18 Å². The minimum absolute atomic E-state index is 0.0568. The molecule has 1 aromatic heterocycles. The van der Waals surface area contributed by atoms with Crippen LogP contribution in [0, 0.1) is 6.92 Å². The second-order valence-corrected chi connectivity index (χ2v) is 7.48. The van der Waals surface area contributed by atoms with E-state index < -0.39 is 16.3 Å². The summed E-state index contributed by atoms with van der Waals surface area (Å²) < 4.78 is 48.2. The Labute approximate surface area is 187 Å². The van der Waals surface area contributed by atoms with Crippen molar-refractivity contribution in [3.63, 3.8) is 0 Å². The van der Waals surface area contributed by atoms with Crippen molar-refractivity contribution < 1.29 is 17.9 Å². The average molecular weight is 451 g/mol. The lowest BCUT2D eigenvalue weighted by Crippen LogP contribution is -2.45. The smallest absolute Gasteiger partial charge is 0.422 e. The Morgan fingerprint density at radius 3 is 2.64 bits per heavy atom. The lowest BCUT2D eigenvalue weighted by Gasteiger charge is -2.26. The minimum Gasteiger partial charge on any atom is -0.495 e. The number of aliphatic imine (C=N–C) groups is 2. The van der Waals surface area contributed by atoms with Gasteiger partial charge in [0.15, 0.2) is 11.9 Å². The molecule has 2 aromatic carbocycles. The molecule has 166 valence electrons. The molecule has 1 unspecified atom stereocenters. The first-order valence-corrected chi connectivity index (χ1v) is 9.97. The van der Waals surface area contributed by atoms with Crippen molar-refractivity contribution in [1.82, 2.24) is 14.1 Å². The molecule has 0 amide bonds. The van der Waals surface area contributed by atoms with Crippen LogP contribution >= 0.6 is 0 Å². The quantitative estimate of drug-likeness (QED) is 0.533. The number of quaternary nitrogens is 1. The lowest BCUT2D eigenvalue weighted by atomic mass is 10.1. The Kier molecular flexibility index (Phi) is 4.75. The average Bonchev–Trinajstić information content (AvgIpc) is 3.42. The van der Waals surface area contributed by atoms with Gasteiger partial charge in [-0.1, -0.05) is 16.7 Å². The predicted octanol–water partition coefficient (Wildman–Crippen LogP) is 4.84. The van der Waals surface area contributed by atoms with E-state index in [0.717, 1.165) is 17.4 Å². The first kappa shape index (κ1) is 20.8. The van der Waals surface area contributed by atoms with Gasteiger partial charge in [0.25, 0.3) is 5.84 Å². The van der Waals surface area contributed by atoms with Crippen LogP contribution in [0.4, 0.5) is 18.9 Å². The van der Waals surface area contributed by atoms with E-state index in [4.69, 9.17) is 4.74 Å². The van der Waals surface area contributed by atoms with Crippen LogP contribution in [0.1, 0.15) is 16.8 Å². The van der Waals surface area contributed by atoms with Crippen molar-refractivity contribution in [1.29, 1.82) is 0 Å². The number of benzene rings is 2. The SMILES string of the molecule is COc1cc(C2=N[N+]3(c4ccccc4C(F)(F)F)C=CN=CC3=N2)ccc1-n1cnc(C)c1. The highest BCUT2D eigenvalue weighted by atomic mass is 19.4. The summed E-state index contributed by atoms with van der Waals surface area (Å²) in [7, 11) is 1.54. The van der Waals surface area contributed by atoms with Crippen molar-refractivity contribution >= 4 is 23.6 Å². The summed E-state index contributed by atoms with van der Waals surface area (Å²) in [6.45, 7) is 1.88. The van der Waals surface area contributed by atoms with Crippen LogP contribution in [0.3, 0.4) is 0 Å². The van der Waals surface area contributed by atoms with Crippen molar-refractivity contribution in [2.24, 2.45) is 15.1 Å². The molecule has 3 heterocycles. The number of aromatic nitrogens is 2. The van der Waals surface area contributed by atoms with Gasteiger partial charge in [-0.15, -0.1) is 0 Å². The number of imidazole rings is 1. The van der Waals surface area contributed by atoms with Crippen molar-refractivity contribution in [2.45, 2.75) is 13.1 Å². The van der Waals surface area contributed by atoms with E-state index in [1.165, 1.54) is 30.7 Å². The third-order valence-electron chi connectivity index (χ3n) is 5.39. The number of aryl methyl sites for hydroxylation is 1. The monoisotopic (exact) mass is 451 g/mol. The number of alkyl halides is 3. The molecule has 0 spiro atoms. The third-order valence-corrected chi connectivity index (χ3v) is 5.39. The fourth-order valence-electron chi connectivity index (χ4n) is 3.85. The molecule has 10 heteroatoms.